The van der Waals surface area contributed by atoms with E-state index in [4.69, 9.17) is 5.73 Å². The van der Waals surface area contributed by atoms with Crippen molar-refractivity contribution in [3.05, 3.63) is 48.2 Å². The van der Waals surface area contributed by atoms with Crippen LogP contribution in [0.5, 0.6) is 0 Å². The first-order valence-electron chi connectivity index (χ1n) is 6.87. The van der Waals surface area contributed by atoms with Crippen molar-refractivity contribution in [2.45, 2.75) is 25.8 Å². The number of nitrogens with zero attached hydrogens (tertiary/aromatic N) is 5. The van der Waals surface area contributed by atoms with Gasteiger partial charge in [-0.25, -0.2) is 9.67 Å². The molecule has 0 fully saturated rings. The second-order valence-corrected chi connectivity index (χ2v) is 4.85. The number of pyridine rings is 1. The molecule has 0 amide bonds. The van der Waals surface area contributed by atoms with E-state index in [0.717, 1.165) is 42.8 Å². The number of hydrogen-bond acceptors (Lipinski definition) is 4. The maximum atomic E-state index is 5.49. The number of aryl methyl sites for hydroxylation is 1. The number of unbranched alkanes of at least 4 members (excludes halogenated alkanes) is 1. The van der Waals surface area contributed by atoms with Gasteiger partial charge in [0.15, 0.2) is 0 Å². The molecule has 0 unspecified atom stereocenters. The highest BCUT2D eigenvalue weighted by molar-refractivity contribution is 5.39. The summed E-state index contributed by atoms with van der Waals surface area (Å²) in [6.07, 6.45) is 9.02. The third kappa shape index (κ3) is 2.85. The predicted molar refractivity (Wildman–Crippen MR) is 76.3 cm³/mol. The van der Waals surface area contributed by atoms with Gasteiger partial charge in [-0.1, -0.05) is 11.3 Å². The van der Waals surface area contributed by atoms with E-state index in [1.165, 1.54) is 0 Å². The summed E-state index contributed by atoms with van der Waals surface area (Å²) in [6, 6.07) is 5.96. The monoisotopic (exact) mass is 270 g/mol. The molecule has 6 nitrogen and oxygen atoms in total. The van der Waals surface area contributed by atoms with Crippen LogP contribution in [-0.4, -0.2) is 30.9 Å². The van der Waals surface area contributed by atoms with Crippen molar-refractivity contribution in [2.24, 2.45) is 5.73 Å². The molecule has 3 aromatic rings. The van der Waals surface area contributed by atoms with Gasteiger partial charge in [-0.2, -0.15) is 0 Å². The normalized spacial score (nSPS) is 11.2. The van der Waals surface area contributed by atoms with E-state index in [-0.39, 0.29) is 0 Å². The van der Waals surface area contributed by atoms with E-state index < -0.39 is 0 Å². The third-order valence-electron chi connectivity index (χ3n) is 3.21. The number of nitrogens with two attached hydrogens (primary N) is 1. The summed E-state index contributed by atoms with van der Waals surface area (Å²) in [5, 5.41) is 8.32. The van der Waals surface area contributed by atoms with Crippen LogP contribution in [0, 0.1) is 0 Å². The molecule has 0 bridgehead atoms. The Kier molecular flexibility index (Phi) is 3.73. The first-order chi connectivity index (χ1) is 9.85. The van der Waals surface area contributed by atoms with Crippen molar-refractivity contribution in [2.75, 3.05) is 6.54 Å². The van der Waals surface area contributed by atoms with E-state index in [2.05, 4.69) is 15.3 Å². The summed E-state index contributed by atoms with van der Waals surface area (Å²) in [4.78, 5) is 4.55. The lowest BCUT2D eigenvalue weighted by Crippen LogP contribution is -2.00. The Morgan fingerprint density at radius 1 is 1.10 bits per heavy atom. The summed E-state index contributed by atoms with van der Waals surface area (Å²) in [5.41, 5.74) is 8.43. The van der Waals surface area contributed by atoms with Gasteiger partial charge in [-0.3, -0.25) is 0 Å². The number of fused-ring (bicyclic) bond motifs is 1. The zero-order chi connectivity index (χ0) is 13.8. The van der Waals surface area contributed by atoms with Gasteiger partial charge >= 0.3 is 0 Å². The van der Waals surface area contributed by atoms with Gasteiger partial charge in [0.25, 0.3) is 0 Å². The fraction of sp³-hybridized carbons (Fsp3) is 0.357. The molecule has 3 aromatic heterocycles. The Morgan fingerprint density at radius 2 is 2.05 bits per heavy atom. The lowest BCUT2D eigenvalue weighted by atomic mass is 10.2. The van der Waals surface area contributed by atoms with Gasteiger partial charge in [-0.15, -0.1) is 5.10 Å². The van der Waals surface area contributed by atoms with Crippen molar-refractivity contribution >= 4 is 5.65 Å². The molecule has 0 spiro atoms. The highest BCUT2D eigenvalue weighted by Crippen LogP contribution is 2.07. The minimum Gasteiger partial charge on any atom is -0.330 e. The van der Waals surface area contributed by atoms with Crippen LogP contribution in [0.25, 0.3) is 5.65 Å². The van der Waals surface area contributed by atoms with Gasteiger partial charge in [0.2, 0.25) is 0 Å². The van der Waals surface area contributed by atoms with Crippen LogP contribution in [0.4, 0.5) is 0 Å². The summed E-state index contributed by atoms with van der Waals surface area (Å²) >= 11 is 0. The molecular weight excluding hydrogens is 252 g/mol. The molecular formula is C14H18N6. The van der Waals surface area contributed by atoms with Gasteiger partial charge in [0.1, 0.15) is 5.65 Å². The second-order valence-electron chi connectivity index (χ2n) is 4.85. The fourth-order valence-electron chi connectivity index (χ4n) is 2.21. The largest absolute Gasteiger partial charge is 0.330 e. The first kappa shape index (κ1) is 12.8. The molecule has 0 aromatic carbocycles. The molecule has 6 heteroatoms. The molecule has 2 N–H and O–H groups in total. The molecule has 0 aliphatic heterocycles. The van der Waals surface area contributed by atoms with Crippen molar-refractivity contribution in [1.29, 1.82) is 0 Å². The molecule has 104 valence electrons. The summed E-state index contributed by atoms with van der Waals surface area (Å²) in [6.45, 7) is 1.38. The molecule has 0 radical (unpaired) electrons. The third-order valence-corrected chi connectivity index (χ3v) is 3.21. The topological polar surface area (TPSA) is 74.0 Å². The van der Waals surface area contributed by atoms with Crippen molar-refractivity contribution < 1.29 is 0 Å². The van der Waals surface area contributed by atoms with Crippen LogP contribution in [0.15, 0.2) is 36.8 Å². The van der Waals surface area contributed by atoms with E-state index >= 15 is 0 Å². The van der Waals surface area contributed by atoms with Gasteiger partial charge in [-0.05, 0) is 37.9 Å². The predicted octanol–water partition coefficient (Wildman–Crippen LogP) is 1.26. The Hall–Kier alpha value is -2.21. The molecule has 0 saturated carbocycles. The first-order valence-corrected chi connectivity index (χ1v) is 6.87. The van der Waals surface area contributed by atoms with Gasteiger partial charge < -0.3 is 10.1 Å². The molecule has 3 rings (SSSR count). The van der Waals surface area contributed by atoms with E-state index in [1.54, 1.807) is 0 Å². The summed E-state index contributed by atoms with van der Waals surface area (Å²) in [7, 11) is 0. The summed E-state index contributed by atoms with van der Waals surface area (Å²) in [5.74, 6) is 0. The van der Waals surface area contributed by atoms with Crippen LogP contribution < -0.4 is 5.73 Å². The van der Waals surface area contributed by atoms with Crippen LogP contribution in [0.1, 0.15) is 24.2 Å². The fourth-order valence-corrected chi connectivity index (χ4v) is 2.21. The van der Waals surface area contributed by atoms with Crippen molar-refractivity contribution in [3.8, 4) is 0 Å². The van der Waals surface area contributed by atoms with Gasteiger partial charge in [0, 0.05) is 18.6 Å². The Morgan fingerprint density at radius 3 is 2.90 bits per heavy atom. The lowest BCUT2D eigenvalue weighted by Gasteiger charge is -1.95. The zero-order valence-electron chi connectivity index (χ0n) is 11.3. The molecule has 0 saturated heterocycles. The highest BCUT2D eigenvalue weighted by Gasteiger charge is 2.05. The second kappa shape index (κ2) is 5.83. The average Bonchev–Trinajstić information content (AvgIpc) is 3.05. The van der Waals surface area contributed by atoms with Gasteiger partial charge in [0.05, 0.1) is 17.9 Å². The van der Waals surface area contributed by atoms with Crippen LogP contribution in [-0.2, 0) is 13.0 Å². The maximum Gasteiger partial charge on any atom is 0.137 e. The Bertz CT molecular complexity index is 651. The number of imidazole rings is 1. The Labute approximate surface area is 117 Å². The number of hydrogen-bond donors (Lipinski definition) is 1. The molecule has 0 aliphatic carbocycles. The van der Waals surface area contributed by atoms with Crippen LogP contribution in [0.3, 0.4) is 0 Å². The van der Waals surface area contributed by atoms with E-state index in [1.807, 2.05) is 45.9 Å². The maximum absolute atomic E-state index is 5.49. The zero-order valence-corrected chi connectivity index (χ0v) is 11.3. The molecule has 20 heavy (non-hydrogen) atoms. The van der Waals surface area contributed by atoms with Crippen LogP contribution in [0.2, 0.25) is 0 Å². The van der Waals surface area contributed by atoms with Crippen molar-refractivity contribution in [1.82, 2.24) is 24.4 Å². The Balaban J connectivity index is 1.68. The van der Waals surface area contributed by atoms with E-state index in [9.17, 15) is 0 Å². The van der Waals surface area contributed by atoms with E-state index in [0.29, 0.717) is 6.54 Å². The minimum atomic E-state index is 0.644. The lowest BCUT2D eigenvalue weighted by molar-refractivity contribution is 0.640. The molecule has 0 atom stereocenters. The molecule has 3 heterocycles. The minimum absolute atomic E-state index is 0.644. The van der Waals surface area contributed by atoms with Crippen molar-refractivity contribution in [3.63, 3.8) is 0 Å². The number of rotatable bonds is 6. The quantitative estimate of drug-likeness (QED) is 0.684. The highest BCUT2D eigenvalue weighted by atomic mass is 15.4. The number of aromatic nitrogens is 5. The van der Waals surface area contributed by atoms with Crippen LogP contribution >= 0.6 is 0 Å². The standard InChI is InChI=1S/C14H18N6/c15-7-3-1-5-12-10-20(18-17-12)11-13-9-19-8-4-2-6-14(19)16-13/h2,4,6,8-10H,1,3,5,7,11,15H2. The average molecular weight is 270 g/mol. The smallest absolute Gasteiger partial charge is 0.137 e. The SMILES string of the molecule is NCCCCc1cn(Cc2cn3ccccc3n2)nn1. The summed E-state index contributed by atoms with van der Waals surface area (Å²) < 4.78 is 3.84. The molecule has 0 aliphatic rings.